The number of methoxy groups -OCH3 is 1. The van der Waals surface area contributed by atoms with E-state index in [9.17, 15) is 14.4 Å². The molecule has 1 aromatic carbocycles. The number of piperidine rings is 1. The van der Waals surface area contributed by atoms with Crippen molar-refractivity contribution in [3.8, 4) is 0 Å². The summed E-state index contributed by atoms with van der Waals surface area (Å²) in [6.07, 6.45) is 1.57. The van der Waals surface area contributed by atoms with Crippen molar-refractivity contribution in [3.05, 3.63) is 45.4 Å². The summed E-state index contributed by atoms with van der Waals surface area (Å²) in [6.45, 7) is 3.40. The topological polar surface area (TPSA) is 116 Å². The molecule has 2 aromatic rings. The summed E-state index contributed by atoms with van der Waals surface area (Å²) >= 11 is 1.45. The van der Waals surface area contributed by atoms with Gasteiger partial charge in [-0.1, -0.05) is 6.07 Å². The number of esters is 1. The van der Waals surface area contributed by atoms with E-state index in [0.29, 0.717) is 56.5 Å². The Labute approximate surface area is 207 Å². The van der Waals surface area contributed by atoms with E-state index < -0.39 is 0 Å². The Hall–Kier alpha value is -2.86. The minimum absolute atomic E-state index is 0.0298. The van der Waals surface area contributed by atoms with Gasteiger partial charge in [0.25, 0.3) is 5.91 Å². The average molecular weight is 504 g/mol. The molecule has 35 heavy (non-hydrogen) atoms. The Morgan fingerprint density at radius 1 is 1.17 bits per heavy atom. The first-order chi connectivity index (χ1) is 17.0. The van der Waals surface area contributed by atoms with Crippen molar-refractivity contribution in [3.63, 3.8) is 0 Å². The Balaban J connectivity index is 1.20. The van der Waals surface area contributed by atoms with Crippen molar-refractivity contribution in [2.45, 2.75) is 25.4 Å². The zero-order valence-corrected chi connectivity index (χ0v) is 20.4. The lowest BCUT2D eigenvalue weighted by atomic mass is 9.97. The predicted octanol–water partition coefficient (Wildman–Crippen LogP) is 2.45. The van der Waals surface area contributed by atoms with E-state index in [1.807, 2.05) is 4.90 Å². The Bertz CT molecular complexity index is 1050. The number of nitrogens with zero attached hydrogens (tertiary/aromatic N) is 2. The molecule has 2 amide bonds. The van der Waals surface area contributed by atoms with Gasteiger partial charge in [-0.15, -0.1) is 11.3 Å². The summed E-state index contributed by atoms with van der Waals surface area (Å²) in [5, 5.41) is 5.44. The molecule has 0 aliphatic carbocycles. The summed E-state index contributed by atoms with van der Waals surface area (Å²) in [4.78, 5) is 43.1. The SMILES string of the molecule is COCCOCCOCC(=O)N1CCC(c2nc(C(=O)Nc3ccc4c(c3)C(=O)OC4)cs2)CC1. The number of amides is 2. The monoisotopic (exact) mass is 503 g/mol. The number of anilines is 1. The number of hydrogen-bond donors (Lipinski definition) is 1. The lowest BCUT2D eigenvalue weighted by molar-refractivity contribution is -0.137. The van der Waals surface area contributed by atoms with Gasteiger partial charge in [0.2, 0.25) is 5.91 Å². The standard InChI is InChI=1S/C24H29N3O7S/c1-31-8-9-32-10-11-33-14-21(28)27-6-4-16(5-7-27)23-26-20(15-35-23)22(29)25-18-3-2-17-13-34-24(30)19(17)12-18/h2-3,12,15-16H,4-11,13-14H2,1H3,(H,25,29). The summed E-state index contributed by atoms with van der Waals surface area (Å²) in [5.41, 5.74) is 2.15. The highest BCUT2D eigenvalue weighted by Crippen LogP contribution is 2.31. The van der Waals surface area contributed by atoms with Gasteiger partial charge in [0.05, 0.1) is 37.0 Å². The van der Waals surface area contributed by atoms with E-state index in [-0.39, 0.29) is 36.9 Å². The number of carbonyl (C=O) groups is 3. The number of cyclic esters (lactones) is 1. The molecule has 188 valence electrons. The second-order valence-corrected chi connectivity index (χ2v) is 9.18. The van der Waals surface area contributed by atoms with Crippen molar-refractivity contribution in [2.24, 2.45) is 0 Å². The molecule has 0 saturated carbocycles. The van der Waals surface area contributed by atoms with E-state index in [2.05, 4.69) is 10.3 Å². The van der Waals surface area contributed by atoms with Crippen LogP contribution in [0.3, 0.4) is 0 Å². The van der Waals surface area contributed by atoms with Gasteiger partial charge >= 0.3 is 5.97 Å². The normalized spacial score (nSPS) is 15.7. The molecular weight excluding hydrogens is 474 g/mol. The summed E-state index contributed by atoms with van der Waals surface area (Å²) in [5.74, 6) is -0.529. The minimum Gasteiger partial charge on any atom is -0.457 e. The number of nitrogens with one attached hydrogen (secondary N) is 1. The maximum Gasteiger partial charge on any atom is 0.338 e. The van der Waals surface area contributed by atoms with Crippen LogP contribution in [0.5, 0.6) is 0 Å². The van der Waals surface area contributed by atoms with Crippen LogP contribution in [0.4, 0.5) is 5.69 Å². The smallest absolute Gasteiger partial charge is 0.338 e. The molecule has 1 aromatic heterocycles. The van der Waals surface area contributed by atoms with Crippen LogP contribution in [0.15, 0.2) is 23.6 Å². The van der Waals surface area contributed by atoms with Crippen molar-refractivity contribution >= 4 is 34.8 Å². The molecule has 0 spiro atoms. The summed E-state index contributed by atoms with van der Waals surface area (Å²) < 4.78 is 20.6. The fourth-order valence-electron chi connectivity index (χ4n) is 3.95. The van der Waals surface area contributed by atoms with Gasteiger partial charge in [0, 0.05) is 42.7 Å². The molecule has 10 nitrogen and oxygen atoms in total. The molecule has 0 atom stereocenters. The highest BCUT2D eigenvalue weighted by molar-refractivity contribution is 7.10. The lowest BCUT2D eigenvalue weighted by Gasteiger charge is -2.31. The van der Waals surface area contributed by atoms with Gasteiger partial charge in [0.1, 0.15) is 18.9 Å². The molecule has 2 aliphatic heterocycles. The second kappa shape index (κ2) is 12.2. The zero-order valence-electron chi connectivity index (χ0n) is 19.6. The molecule has 1 fully saturated rings. The Kier molecular flexibility index (Phi) is 8.80. The number of ether oxygens (including phenoxy) is 4. The third kappa shape index (κ3) is 6.63. The lowest BCUT2D eigenvalue weighted by Crippen LogP contribution is -2.40. The maximum absolute atomic E-state index is 12.7. The number of aromatic nitrogens is 1. The number of likely N-dealkylation sites (tertiary alicyclic amines) is 1. The van der Waals surface area contributed by atoms with Crippen LogP contribution in [-0.2, 0) is 30.3 Å². The van der Waals surface area contributed by atoms with E-state index in [4.69, 9.17) is 18.9 Å². The number of carbonyl (C=O) groups excluding carboxylic acids is 3. The van der Waals surface area contributed by atoms with Crippen LogP contribution in [0.2, 0.25) is 0 Å². The molecule has 1 N–H and O–H groups in total. The van der Waals surface area contributed by atoms with Crippen molar-refractivity contribution in [2.75, 3.05) is 58.6 Å². The van der Waals surface area contributed by atoms with Crippen LogP contribution >= 0.6 is 11.3 Å². The number of rotatable bonds is 11. The maximum atomic E-state index is 12.7. The van der Waals surface area contributed by atoms with Crippen LogP contribution in [0.1, 0.15) is 50.2 Å². The van der Waals surface area contributed by atoms with E-state index in [0.717, 1.165) is 23.4 Å². The van der Waals surface area contributed by atoms with Crippen molar-refractivity contribution < 1.29 is 33.3 Å². The van der Waals surface area contributed by atoms with Gasteiger partial charge < -0.3 is 29.2 Å². The molecule has 1 saturated heterocycles. The first-order valence-electron chi connectivity index (χ1n) is 11.5. The fourth-order valence-corrected chi connectivity index (χ4v) is 4.93. The minimum atomic E-state index is -0.379. The van der Waals surface area contributed by atoms with Gasteiger partial charge in [-0.25, -0.2) is 9.78 Å². The van der Waals surface area contributed by atoms with Gasteiger partial charge in [-0.05, 0) is 25.0 Å². The van der Waals surface area contributed by atoms with Crippen molar-refractivity contribution in [1.82, 2.24) is 9.88 Å². The highest BCUT2D eigenvalue weighted by atomic mass is 32.1. The molecule has 3 heterocycles. The van der Waals surface area contributed by atoms with Crippen LogP contribution < -0.4 is 5.32 Å². The van der Waals surface area contributed by atoms with Crippen LogP contribution in [0.25, 0.3) is 0 Å². The predicted molar refractivity (Wildman–Crippen MR) is 128 cm³/mol. The first-order valence-corrected chi connectivity index (χ1v) is 12.4. The van der Waals surface area contributed by atoms with Gasteiger partial charge in [-0.3, -0.25) is 9.59 Å². The van der Waals surface area contributed by atoms with Gasteiger partial charge in [-0.2, -0.15) is 0 Å². The highest BCUT2D eigenvalue weighted by Gasteiger charge is 2.27. The van der Waals surface area contributed by atoms with E-state index >= 15 is 0 Å². The number of thiazole rings is 1. The number of fused-ring (bicyclic) bond motifs is 1. The molecule has 0 unspecified atom stereocenters. The Morgan fingerprint density at radius 2 is 1.94 bits per heavy atom. The third-order valence-electron chi connectivity index (χ3n) is 5.93. The quantitative estimate of drug-likeness (QED) is 0.367. The van der Waals surface area contributed by atoms with Crippen molar-refractivity contribution in [1.29, 1.82) is 0 Å². The third-order valence-corrected chi connectivity index (χ3v) is 6.93. The van der Waals surface area contributed by atoms with Crippen LogP contribution in [0, 0.1) is 0 Å². The molecule has 4 rings (SSSR count). The number of hydrogen-bond acceptors (Lipinski definition) is 9. The first kappa shape index (κ1) is 25.2. The van der Waals surface area contributed by atoms with Crippen LogP contribution in [-0.4, -0.2) is 80.9 Å². The molecule has 11 heteroatoms. The summed E-state index contributed by atoms with van der Waals surface area (Å²) in [6, 6.07) is 5.15. The Morgan fingerprint density at radius 3 is 2.74 bits per heavy atom. The second-order valence-electron chi connectivity index (χ2n) is 8.29. The molecule has 0 bridgehead atoms. The summed E-state index contributed by atoms with van der Waals surface area (Å²) in [7, 11) is 1.61. The van der Waals surface area contributed by atoms with Gasteiger partial charge in [0.15, 0.2) is 0 Å². The average Bonchev–Trinajstić information content (AvgIpc) is 3.51. The van der Waals surface area contributed by atoms with E-state index in [1.54, 1.807) is 30.7 Å². The largest absolute Gasteiger partial charge is 0.457 e. The zero-order chi connectivity index (χ0) is 24.6. The molecular formula is C24H29N3O7S. The van der Waals surface area contributed by atoms with E-state index in [1.165, 1.54) is 11.3 Å². The molecule has 0 radical (unpaired) electrons. The fraction of sp³-hybridized carbons (Fsp3) is 0.500. The number of benzene rings is 1. The molecule has 2 aliphatic rings.